The standard InChI is InChI=1S/C22H24N2O2/c1-16-13-17-5-2-3-8-20(17)23-22(16)18-6-4-7-19(15-25)21(14-18)24-9-11-26-12-10-24/h2-6,8,13-14,25H,7,9-12,15H2,1H3. The van der Waals surface area contributed by atoms with E-state index in [-0.39, 0.29) is 6.61 Å². The molecule has 0 amide bonds. The van der Waals surface area contributed by atoms with E-state index in [2.05, 4.69) is 48.3 Å². The van der Waals surface area contributed by atoms with E-state index in [0.717, 1.165) is 71.7 Å². The zero-order chi connectivity index (χ0) is 17.9. The summed E-state index contributed by atoms with van der Waals surface area (Å²) in [6.45, 7) is 5.35. The summed E-state index contributed by atoms with van der Waals surface area (Å²) in [4.78, 5) is 7.24. The van der Waals surface area contributed by atoms with Crippen LogP contribution in [0.25, 0.3) is 16.5 Å². The largest absolute Gasteiger partial charge is 0.392 e. The number of hydrogen-bond donors (Lipinski definition) is 1. The van der Waals surface area contributed by atoms with E-state index < -0.39 is 0 Å². The third-order valence-corrected chi connectivity index (χ3v) is 5.05. The number of aromatic nitrogens is 1. The summed E-state index contributed by atoms with van der Waals surface area (Å²) in [6.07, 6.45) is 7.20. The zero-order valence-corrected chi connectivity index (χ0v) is 15.1. The van der Waals surface area contributed by atoms with Gasteiger partial charge < -0.3 is 14.7 Å². The number of morpholine rings is 1. The highest BCUT2D eigenvalue weighted by atomic mass is 16.5. The highest BCUT2D eigenvalue weighted by molar-refractivity contribution is 5.85. The molecule has 2 aromatic rings. The Morgan fingerprint density at radius 1 is 1.19 bits per heavy atom. The summed E-state index contributed by atoms with van der Waals surface area (Å²) in [7, 11) is 0. The molecule has 0 spiro atoms. The van der Waals surface area contributed by atoms with Gasteiger partial charge in [-0.25, -0.2) is 4.98 Å². The molecule has 1 aromatic heterocycles. The third kappa shape index (κ3) is 3.30. The number of para-hydroxylation sites is 1. The first-order chi connectivity index (χ1) is 12.8. The van der Waals surface area contributed by atoms with Gasteiger partial charge in [0, 0.05) is 29.7 Å². The predicted octanol–water partition coefficient (Wildman–Crippen LogP) is 3.47. The molecule has 134 valence electrons. The summed E-state index contributed by atoms with van der Waals surface area (Å²) in [6, 6.07) is 10.4. The maximum atomic E-state index is 9.88. The van der Waals surface area contributed by atoms with Crippen molar-refractivity contribution in [3.8, 4) is 0 Å². The maximum absolute atomic E-state index is 9.88. The molecule has 1 aromatic carbocycles. The van der Waals surface area contributed by atoms with Crippen LogP contribution in [0.4, 0.5) is 0 Å². The van der Waals surface area contributed by atoms with E-state index in [9.17, 15) is 5.11 Å². The van der Waals surface area contributed by atoms with E-state index >= 15 is 0 Å². The number of aliphatic hydroxyl groups is 1. The molecule has 1 aliphatic heterocycles. The molecule has 1 N–H and O–H groups in total. The minimum absolute atomic E-state index is 0.0743. The van der Waals surface area contributed by atoms with Gasteiger partial charge in [-0.05, 0) is 42.7 Å². The molecular formula is C22H24N2O2. The number of nitrogens with zero attached hydrogens (tertiary/aromatic N) is 2. The minimum Gasteiger partial charge on any atom is -0.392 e. The summed E-state index contributed by atoms with van der Waals surface area (Å²) >= 11 is 0. The monoisotopic (exact) mass is 348 g/mol. The van der Waals surface area contributed by atoms with Gasteiger partial charge in [0.15, 0.2) is 0 Å². The molecular weight excluding hydrogens is 324 g/mol. The van der Waals surface area contributed by atoms with Gasteiger partial charge in [0.2, 0.25) is 0 Å². The average Bonchev–Trinajstić information content (AvgIpc) is 2.90. The molecule has 1 saturated heterocycles. The zero-order valence-electron chi connectivity index (χ0n) is 15.1. The number of pyridine rings is 1. The second-order valence-electron chi connectivity index (χ2n) is 6.80. The van der Waals surface area contributed by atoms with Crippen molar-refractivity contribution in [2.75, 3.05) is 32.9 Å². The van der Waals surface area contributed by atoms with Crippen molar-refractivity contribution in [2.24, 2.45) is 0 Å². The number of ether oxygens (including phenoxy) is 1. The van der Waals surface area contributed by atoms with Crippen LogP contribution in [-0.2, 0) is 4.74 Å². The number of aliphatic hydroxyl groups excluding tert-OH is 1. The highest BCUT2D eigenvalue weighted by Gasteiger charge is 2.19. The third-order valence-electron chi connectivity index (χ3n) is 5.05. The van der Waals surface area contributed by atoms with Crippen molar-refractivity contribution in [2.45, 2.75) is 13.3 Å². The summed E-state index contributed by atoms with van der Waals surface area (Å²) in [5.41, 5.74) is 6.43. The number of rotatable bonds is 3. The molecule has 4 nitrogen and oxygen atoms in total. The van der Waals surface area contributed by atoms with Gasteiger partial charge in [-0.15, -0.1) is 0 Å². The molecule has 26 heavy (non-hydrogen) atoms. The normalized spacial score (nSPS) is 18.2. The van der Waals surface area contributed by atoms with Gasteiger partial charge in [0.05, 0.1) is 31.0 Å². The van der Waals surface area contributed by atoms with Crippen LogP contribution in [0.2, 0.25) is 0 Å². The molecule has 0 unspecified atom stereocenters. The van der Waals surface area contributed by atoms with Gasteiger partial charge in [0.25, 0.3) is 0 Å². The van der Waals surface area contributed by atoms with E-state index in [1.54, 1.807) is 0 Å². The fourth-order valence-electron chi connectivity index (χ4n) is 3.66. The average molecular weight is 348 g/mol. The van der Waals surface area contributed by atoms with Crippen molar-refractivity contribution < 1.29 is 9.84 Å². The van der Waals surface area contributed by atoms with Crippen molar-refractivity contribution in [3.05, 3.63) is 71.1 Å². The van der Waals surface area contributed by atoms with E-state index in [0.29, 0.717) is 0 Å². The van der Waals surface area contributed by atoms with Crippen LogP contribution in [0.3, 0.4) is 0 Å². The topological polar surface area (TPSA) is 45.6 Å². The van der Waals surface area contributed by atoms with Crippen LogP contribution >= 0.6 is 0 Å². The number of aryl methyl sites for hydroxylation is 1. The lowest BCUT2D eigenvalue weighted by molar-refractivity contribution is 0.0545. The SMILES string of the molecule is Cc1cc2ccccc2nc1C1=CC(N2CCOCC2)=C(CO)CC=C1. The van der Waals surface area contributed by atoms with Gasteiger partial charge in [-0.2, -0.15) is 0 Å². The first-order valence-electron chi connectivity index (χ1n) is 9.17. The molecule has 0 atom stereocenters. The number of fused-ring (bicyclic) bond motifs is 1. The quantitative estimate of drug-likeness (QED) is 0.923. The summed E-state index contributed by atoms with van der Waals surface area (Å²) in [5, 5.41) is 11.0. The molecule has 0 bridgehead atoms. The molecule has 0 radical (unpaired) electrons. The molecule has 1 fully saturated rings. The van der Waals surface area contributed by atoms with Gasteiger partial charge in [-0.1, -0.05) is 30.4 Å². The van der Waals surface area contributed by atoms with E-state index in [1.165, 1.54) is 0 Å². The van der Waals surface area contributed by atoms with Gasteiger partial charge >= 0.3 is 0 Å². The molecule has 4 rings (SSSR count). The fourth-order valence-corrected chi connectivity index (χ4v) is 3.66. The van der Waals surface area contributed by atoms with Crippen molar-refractivity contribution >= 4 is 16.5 Å². The van der Waals surface area contributed by atoms with Crippen LogP contribution < -0.4 is 0 Å². The van der Waals surface area contributed by atoms with Gasteiger partial charge in [0.1, 0.15) is 0 Å². The Bertz CT molecular complexity index is 905. The van der Waals surface area contributed by atoms with Crippen LogP contribution in [0.5, 0.6) is 0 Å². The highest BCUT2D eigenvalue weighted by Crippen LogP contribution is 2.29. The summed E-state index contributed by atoms with van der Waals surface area (Å²) < 4.78 is 5.49. The molecule has 2 aliphatic rings. The van der Waals surface area contributed by atoms with Crippen molar-refractivity contribution in [3.63, 3.8) is 0 Å². The maximum Gasteiger partial charge on any atom is 0.0739 e. The second-order valence-corrected chi connectivity index (χ2v) is 6.80. The Hall–Kier alpha value is -2.43. The van der Waals surface area contributed by atoms with Crippen LogP contribution in [0.1, 0.15) is 17.7 Å². The minimum atomic E-state index is 0.0743. The number of allylic oxidation sites excluding steroid dienone is 4. The van der Waals surface area contributed by atoms with Crippen LogP contribution in [0, 0.1) is 6.92 Å². The lowest BCUT2D eigenvalue weighted by atomic mass is 10.0. The molecule has 1 aliphatic carbocycles. The lowest BCUT2D eigenvalue weighted by Gasteiger charge is -2.31. The molecule has 4 heteroatoms. The fraction of sp³-hybridized carbons (Fsp3) is 0.318. The van der Waals surface area contributed by atoms with Gasteiger partial charge in [-0.3, -0.25) is 0 Å². The van der Waals surface area contributed by atoms with Crippen molar-refractivity contribution in [1.82, 2.24) is 9.88 Å². The molecule has 2 heterocycles. The molecule has 0 saturated carbocycles. The van der Waals surface area contributed by atoms with E-state index in [4.69, 9.17) is 9.72 Å². The summed E-state index contributed by atoms with van der Waals surface area (Å²) in [5.74, 6) is 0. The van der Waals surface area contributed by atoms with E-state index in [1.807, 2.05) is 12.1 Å². The Labute approximate surface area is 154 Å². The lowest BCUT2D eigenvalue weighted by Crippen LogP contribution is -2.36. The number of benzene rings is 1. The Kier molecular flexibility index (Phi) is 4.87. The predicted molar refractivity (Wildman–Crippen MR) is 105 cm³/mol. The number of hydrogen-bond acceptors (Lipinski definition) is 4. The van der Waals surface area contributed by atoms with Crippen LogP contribution in [-0.4, -0.2) is 47.9 Å². The first-order valence-corrected chi connectivity index (χ1v) is 9.17. The smallest absolute Gasteiger partial charge is 0.0739 e. The Balaban J connectivity index is 1.81. The Morgan fingerprint density at radius 3 is 2.81 bits per heavy atom. The van der Waals surface area contributed by atoms with Crippen molar-refractivity contribution in [1.29, 1.82) is 0 Å². The first kappa shape index (κ1) is 17.0. The Morgan fingerprint density at radius 2 is 2.00 bits per heavy atom. The van der Waals surface area contributed by atoms with Crippen LogP contribution in [0.15, 0.2) is 59.8 Å². The second kappa shape index (κ2) is 7.44.